The van der Waals surface area contributed by atoms with Crippen molar-refractivity contribution in [3.63, 3.8) is 0 Å². The second kappa shape index (κ2) is 5.49. The normalized spacial score (nSPS) is 25.3. The number of rotatable bonds is 5. The first-order valence-electron chi connectivity index (χ1n) is 5.34. The van der Waals surface area contributed by atoms with Crippen LogP contribution < -0.4 is 15.4 Å². The van der Waals surface area contributed by atoms with Crippen LogP contribution in [0.2, 0.25) is 0 Å². The lowest BCUT2D eigenvalue weighted by atomic mass is 10.5. The van der Waals surface area contributed by atoms with Crippen molar-refractivity contribution in [3.05, 3.63) is 0 Å². The van der Waals surface area contributed by atoms with E-state index in [0.717, 1.165) is 12.2 Å². The van der Waals surface area contributed by atoms with Crippen LogP contribution in [0.4, 0.5) is 0 Å². The summed E-state index contributed by atoms with van der Waals surface area (Å²) >= 11 is 0. The molecule has 94 valence electrons. The summed E-state index contributed by atoms with van der Waals surface area (Å²) in [5, 5.41) is 6.30. The second-order valence-electron chi connectivity index (χ2n) is 4.13. The third kappa shape index (κ3) is 5.32. The minimum absolute atomic E-state index is 0.361. The van der Waals surface area contributed by atoms with Gasteiger partial charge in [0, 0.05) is 26.2 Å². The number of guanidine groups is 1. The fourth-order valence-electron chi connectivity index (χ4n) is 1.31. The highest BCUT2D eigenvalue weighted by Crippen LogP contribution is 2.28. The van der Waals surface area contributed by atoms with Gasteiger partial charge in [-0.05, 0) is 12.3 Å². The number of aliphatic imine (C=N–C) groups is 1. The quantitative estimate of drug-likeness (QED) is 0.335. The van der Waals surface area contributed by atoms with Crippen molar-refractivity contribution < 1.29 is 8.42 Å². The van der Waals surface area contributed by atoms with Gasteiger partial charge in [0.1, 0.15) is 0 Å². The molecule has 0 bridgehead atoms. The van der Waals surface area contributed by atoms with Gasteiger partial charge in [-0.2, -0.15) is 0 Å². The molecule has 0 aliphatic heterocycles. The molecule has 1 aliphatic rings. The Morgan fingerprint density at radius 1 is 1.44 bits per heavy atom. The standard InChI is InChI=1S/C9H20N4O2S/c1-7-6-8(7)13-9(10-2)11-4-5-12-16(3,14)15/h7-8,12H,4-6H2,1-3H3,(H2,10,11,13). The lowest BCUT2D eigenvalue weighted by Gasteiger charge is -2.11. The molecule has 7 heteroatoms. The Morgan fingerprint density at radius 3 is 2.50 bits per heavy atom. The number of nitrogens with one attached hydrogen (secondary N) is 3. The molecule has 0 heterocycles. The Morgan fingerprint density at radius 2 is 2.06 bits per heavy atom. The van der Waals surface area contributed by atoms with Gasteiger partial charge in [0.2, 0.25) is 10.0 Å². The summed E-state index contributed by atoms with van der Waals surface area (Å²) in [6.45, 7) is 3.06. The van der Waals surface area contributed by atoms with E-state index >= 15 is 0 Å². The van der Waals surface area contributed by atoms with Crippen LogP contribution in [0.15, 0.2) is 4.99 Å². The summed E-state index contributed by atoms with van der Waals surface area (Å²) in [7, 11) is -1.40. The molecule has 2 atom stereocenters. The lowest BCUT2D eigenvalue weighted by molar-refractivity contribution is 0.586. The maximum atomic E-state index is 10.8. The maximum absolute atomic E-state index is 10.8. The third-order valence-corrected chi connectivity index (χ3v) is 3.17. The van der Waals surface area contributed by atoms with Gasteiger partial charge in [-0.15, -0.1) is 0 Å². The smallest absolute Gasteiger partial charge is 0.208 e. The molecule has 1 fully saturated rings. The molecule has 1 saturated carbocycles. The average molecular weight is 248 g/mol. The molecule has 0 saturated heterocycles. The number of sulfonamides is 1. The zero-order valence-electron chi connectivity index (χ0n) is 9.95. The Bertz CT molecular complexity index is 353. The molecule has 16 heavy (non-hydrogen) atoms. The lowest BCUT2D eigenvalue weighted by Crippen LogP contribution is -2.42. The van der Waals surface area contributed by atoms with Crippen molar-refractivity contribution in [1.82, 2.24) is 15.4 Å². The van der Waals surface area contributed by atoms with Gasteiger partial charge in [0.05, 0.1) is 6.26 Å². The van der Waals surface area contributed by atoms with Crippen molar-refractivity contribution in [2.75, 3.05) is 26.4 Å². The fraction of sp³-hybridized carbons (Fsp3) is 0.889. The first kappa shape index (κ1) is 13.2. The Hall–Kier alpha value is -0.820. The molecule has 6 nitrogen and oxygen atoms in total. The molecular weight excluding hydrogens is 228 g/mol. The van der Waals surface area contributed by atoms with Crippen LogP contribution in [0, 0.1) is 5.92 Å². The summed E-state index contributed by atoms with van der Waals surface area (Å²) in [4.78, 5) is 4.05. The van der Waals surface area contributed by atoms with Crippen LogP contribution in [-0.2, 0) is 10.0 Å². The van der Waals surface area contributed by atoms with Crippen LogP contribution in [-0.4, -0.2) is 46.8 Å². The van der Waals surface area contributed by atoms with Crippen LogP contribution in [0.5, 0.6) is 0 Å². The summed E-state index contributed by atoms with van der Waals surface area (Å²) in [5.74, 6) is 1.43. The predicted molar refractivity (Wildman–Crippen MR) is 64.9 cm³/mol. The summed E-state index contributed by atoms with van der Waals surface area (Å²) in [6.07, 6.45) is 2.31. The molecular formula is C9H20N4O2S. The minimum Gasteiger partial charge on any atom is -0.355 e. The average Bonchev–Trinajstić information content (AvgIpc) is 2.85. The van der Waals surface area contributed by atoms with E-state index in [1.54, 1.807) is 7.05 Å². The summed E-state index contributed by atoms with van der Waals surface area (Å²) < 4.78 is 24.0. The first-order valence-corrected chi connectivity index (χ1v) is 7.23. The molecule has 0 spiro atoms. The van der Waals surface area contributed by atoms with Gasteiger partial charge in [-0.25, -0.2) is 13.1 Å². The molecule has 0 aromatic heterocycles. The van der Waals surface area contributed by atoms with Crippen molar-refractivity contribution in [2.24, 2.45) is 10.9 Å². The predicted octanol–water partition coefficient (Wildman–Crippen LogP) is -0.891. The summed E-state index contributed by atoms with van der Waals surface area (Å²) in [6, 6.07) is 0.508. The minimum atomic E-state index is -3.10. The van der Waals surface area contributed by atoms with Crippen molar-refractivity contribution in [2.45, 2.75) is 19.4 Å². The van der Waals surface area contributed by atoms with Gasteiger partial charge in [-0.3, -0.25) is 4.99 Å². The van der Waals surface area contributed by atoms with E-state index in [2.05, 4.69) is 27.3 Å². The van der Waals surface area contributed by atoms with Crippen molar-refractivity contribution in [3.8, 4) is 0 Å². The molecule has 2 unspecified atom stereocenters. The highest BCUT2D eigenvalue weighted by Gasteiger charge is 2.33. The van der Waals surface area contributed by atoms with Crippen LogP contribution in [0.25, 0.3) is 0 Å². The van der Waals surface area contributed by atoms with Crippen LogP contribution >= 0.6 is 0 Å². The van der Waals surface area contributed by atoms with E-state index in [1.165, 1.54) is 6.42 Å². The van der Waals surface area contributed by atoms with E-state index < -0.39 is 10.0 Å². The Labute approximate surface area is 97.0 Å². The molecule has 0 amide bonds. The molecule has 1 aliphatic carbocycles. The highest BCUT2D eigenvalue weighted by molar-refractivity contribution is 7.88. The zero-order valence-corrected chi connectivity index (χ0v) is 10.8. The largest absolute Gasteiger partial charge is 0.355 e. The van der Waals surface area contributed by atoms with Crippen molar-refractivity contribution >= 4 is 16.0 Å². The molecule has 0 aromatic carbocycles. The van der Waals surface area contributed by atoms with Gasteiger partial charge in [0.15, 0.2) is 5.96 Å². The third-order valence-electron chi connectivity index (χ3n) is 2.44. The topological polar surface area (TPSA) is 82.6 Å². The highest BCUT2D eigenvalue weighted by atomic mass is 32.2. The Kier molecular flexibility index (Phi) is 4.55. The van der Waals surface area contributed by atoms with Gasteiger partial charge in [0.25, 0.3) is 0 Å². The molecule has 0 aromatic rings. The monoisotopic (exact) mass is 248 g/mol. The molecule has 0 radical (unpaired) electrons. The first-order chi connectivity index (χ1) is 7.42. The van der Waals surface area contributed by atoms with Crippen LogP contribution in [0.3, 0.4) is 0 Å². The maximum Gasteiger partial charge on any atom is 0.208 e. The van der Waals surface area contributed by atoms with E-state index in [4.69, 9.17) is 0 Å². The van der Waals surface area contributed by atoms with Gasteiger partial charge < -0.3 is 10.6 Å². The van der Waals surface area contributed by atoms with Gasteiger partial charge in [-0.1, -0.05) is 6.92 Å². The molecule has 1 rings (SSSR count). The zero-order chi connectivity index (χ0) is 12.2. The second-order valence-corrected chi connectivity index (χ2v) is 5.96. The Balaban J connectivity index is 2.15. The van der Waals surface area contributed by atoms with Crippen LogP contribution in [0.1, 0.15) is 13.3 Å². The number of hydrogen-bond donors (Lipinski definition) is 3. The SMILES string of the molecule is CN=C(NCCNS(C)(=O)=O)NC1CC1C. The van der Waals surface area contributed by atoms with E-state index in [-0.39, 0.29) is 0 Å². The fourth-order valence-corrected chi connectivity index (χ4v) is 1.78. The number of nitrogens with zero attached hydrogens (tertiary/aromatic N) is 1. The van der Waals surface area contributed by atoms with E-state index in [1.807, 2.05) is 0 Å². The summed E-state index contributed by atoms with van der Waals surface area (Å²) in [5.41, 5.74) is 0. The van der Waals surface area contributed by atoms with E-state index in [9.17, 15) is 8.42 Å². The van der Waals surface area contributed by atoms with Crippen molar-refractivity contribution in [1.29, 1.82) is 0 Å². The number of hydrogen-bond acceptors (Lipinski definition) is 3. The van der Waals surface area contributed by atoms with Gasteiger partial charge >= 0.3 is 0 Å². The molecule has 3 N–H and O–H groups in total. The van der Waals surface area contributed by atoms with E-state index in [0.29, 0.717) is 25.0 Å².